The zero-order valence-corrected chi connectivity index (χ0v) is 19.4. The second-order valence-corrected chi connectivity index (χ2v) is 8.61. The number of carbonyl (C=O) groups excluding carboxylic acids is 1. The molecule has 1 aliphatic heterocycles. The first-order valence-electron chi connectivity index (χ1n) is 11.6. The maximum Gasteiger partial charge on any atom is 0.276 e. The maximum atomic E-state index is 13.9. The largest absolute Gasteiger partial charge is 0.355 e. The van der Waals surface area contributed by atoms with Crippen molar-refractivity contribution < 1.29 is 4.79 Å². The lowest BCUT2D eigenvalue weighted by atomic mass is 9.98. The number of hydrogen-bond acceptors (Lipinski definition) is 3. The molecule has 1 atom stereocenters. The molecule has 0 spiro atoms. The van der Waals surface area contributed by atoms with Crippen molar-refractivity contribution in [3.05, 3.63) is 131 Å². The zero-order valence-electron chi connectivity index (χ0n) is 19.4. The van der Waals surface area contributed by atoms with E-state index < -0.39 is 0 Å². The summed E-state index contributed by atoms with van der Waals surface area (Å²) in [5, 5.41) is 9.99. The zero-order chi connectivity index (χ0) is 23.5. The predicted molar refractivity (Wildman–Crippen MR) is 139 cm³/mol. The van der Waals surface area contributed by atoms with E-state index >= 15 is 0 Å². The summed E-state index contributed by atoms with van der Waals surface area (Å²) in [7, 11) is 0. The monoisotopic (exact) mass is 445 g/mol. The van der Waals surface area contributed by atoms with Gasteiger partial charge in [0.1, 0.15) is 0 Å². The second kappa shape index (κ2) is 9.36. The Hall–Kier alpha value is -4.18. The van der Waals surface area contributed by atoms with E-state index in [1.807, 2.05) is 84.9 Å². The lowest BCUT2D eigenvalue weighted by molar-refractivity contribution is 0.0712. The number of nitrogens with zero attached hydrogens (tertiary/aromatic N) is 2. The second-order valence-electron chi connectivity index (χ2n) is 8.61. The molecule has 5 rings (SSSR count). The fourth-order valence-electron chi connectivity index (χ4n) is 4.37. The van der Waals surface area contributed by atoms with Gasteiger partial charge in [-0.3, -0.25) is 4.79 Å². The molecular formula is C30H27N3O. The summed E-state index contributed by atoms with van der Waals surface area (Å²) in [6.07, 6.45) is 0.673. The molecule has 1 N–H and O–H groups in total. The van der Waals surface area contributed by atoms with Crippen LogP contribution < -0.4 is 5.32 Å². The van der Waals surface area contributed by atoms with E-state index in [4.69, 9.17) is 5.10 Å². The Morgan fingerprint density at radius 1 is 0.794 bits per heavy atom. The number of amides is 1. The van der Waals surface area contributed by atoms with Crippen molar-refractivity contribution in [3.8, 4) is 0 Å². The molecule has 0 saturated heterocycles. The Morgan fingerprint density at radius 2 is 1.44 bits per heavy atom. The van der Waals surface area contributed by atoms with Crippen LogP contribution >= 0.6 is 0 Å². The van der Waals surface area contributed by atoms with Crippen LogP contribution in [0.1, 0.15) is 45.1 Å². The van der Waals surface area contributed by atoms with Crippen LogP contribution in [0, 0.1) is 13.8 Å². The van der Waals surface area contributed by atoms with Gasteiger partial charge in [0.2, 0.25) is 0 Å². The van der Waals surface area contributed by atoms with Crippen molar-refractivity contribution in [2.24, 2.45) is 5.10 Å². The molecule has 4 heteroatoms. The minimum Gasteiger partial charge on any atom is -0.355 e. The Labute approximate surface area is 200 Å². The Kier molecular flexibility index (Phi) is 5.96. The van der Waals surface area contributed by atoms with Crippen molar-refractivity contribution in [1.29, 1.82) is 0 Å². The molecule has 4 aromatic carbocycles. The molecule has 1 amide bonds. The van der Waals surface area contributed by atoms with E-state index in [2.05, 4.69) is 37.4 Å². The average Bonchev–Trinajstić information content (AvgIpc) is 3.33. The average molecular weight is 446 g/mol. The molecule has 34 heavy (non-hydrogen) atoms. The van der Waals surface area contributed by atoms with Crippen LogP contribution in [0.4, 0.5) is 11.4 Å². The molecule has 1 aliphatic rings. The highest BCUT2D eigenvalue weighted by Crippen LogP contribution is 2.35. The van der Waals surface area contributed by atoms with Gasteiger partial charge in [0, 0.05) is 12.1 Å². The van der Waals surface area contributed by atoms with Gasteiger partial charge in [-0.25, -0.2) is 5.01 Å². The first kappa shape index (κ1) is 21.7. The van der Waals surface area contributed by atoms with Crippen LogP contribution in [-0.2, 0) is 0 Å². The highest BCUT2D eigenvalue weighted by atomic mass is 16.2. The number of hydrazone groups is 1. The van der Waals surface area contributed by atoms with E-state index in [0.29, 0.717) is 12.0 Å². The van der Waals surface area contributed by atoms with Gasteiger partial charge in [0.25, 0.3) is 5.91 Å². The van der Waals surface area contributed by atoms with Gasteiger partial charge in [0.15, 0.2) is 0 Å². The fraction of sp³-hybridized carbons (Fsp3) is 0.133. The summed E-state index contributed by atoms with van der Waals surface area (Å²) in [5.41, 5.74) is 7.77. The molecule has 0 saturated carbocycles. The molecule has 0 bridgehead atoms. The first-order chi connectivity index (χ1) is 16.6. The topological polar surface area (TPSA) is 44.7 Å². The number of anilines is 2. The SMILES string of the molecule is Cc1cccc(Nc2ccccc2C(=O)N2N=C(c3ccccc3)CC2c2ccccc2)c1C. The predicted octanol–water partition coefficient (Wildman–Crippen LogP) is 7.04. The smallest absolute Gasteiger partial charge is 0.276 e. The molecule has 168 valence electrons. The van der Waals surface area contributed by atoms with Gasteiger partial charge in [-0.05, 0) is 54.3 Å². The summed E-state index contributed by atoms with van der Waals surface area (Å²) in [5.74, 6) is -0.117. The molecule has 0 aliphatic carbocycles. The van der Waals surface area contributed by atoms with Gasteiger partial charge >= 0.3 is 0 Å². The number of para-hydroxylation sites is 1. The lowest BCUT2D eigenvalue weighted by Crippen LogP contribution is -2.27. The van der Waals surface area contributed by atoms with E-state index in [-0.39, 0.29) is 11.9 Å². The van der Waals surface area contributed by atoms with Gasteiger partial charge in [-0.2, -0.15) is 5.10 Å². The van der Waals surface area contributed by atoms with Gasteiger partial charge < -0.3 is 5.32 Å². The fourth-order valence-corrected chi connectivity index (χ4v) is 4.37. The summed E-state index contributed by atoms with van der Waals surface area (Å²) in [6, 6.07) is 33.9. The van der Waals surface area contributed by atoms with Crippen molar-refractivity contribution in [1.82, 2.24) is 5.01 Å². The number of aryl methyl sites for hydroxylation is 1. The standard InChI is InChI=1S/C30H27N3O/c1-21-12-11-19-26(22(21)2)31-27-18-10-9-17-25(27)30(34)33-29(24-15-7-4-8-16-24)20-28(32-33)23-13-5-3-6-14-23/h3-19,29,31H,20H2,1-2H3. The lowest BCUT2D eigenvalue weighted by Gasteiger charge is -2.23. The third-order valence-corrected chi connectivity index (χ3v) is 6.44. The van der Waals surface area contributed by atoms with E-state index in [9.17, 15) is 4.79 Å². The van der Waals surface area contributed by atoms with Gasteiger partial charge in [-0.1, -0.05) is 84.9 Å². The summed E-state index contributed by atoms with van der Waals surface area (Å²) in [4.78, 5) is 13.9. The number of nitrogens with one attached hydrogen (secondary N) is 1. The van der Waals surface area contributed by atoms with Crippen molar-refractivity contribution in [3.63, 3.8) is 0 Å². The van der Waals surface area contributed by atoms with Gasteiger partial charge in [0.05, 0.1) is 23.0 Å². The molecule has 4 nitrogen and oxygen atoms in total. The highest BCUT2D eigenvalue weighted by molar-refractivity contribution is 6.06. The van der Waals surface area contributed by atoms with Crippen LogP contribution in [0.2, 0.25) is 0 Å². The third kappa shape index (κ3) is 4.23. The maximum absolute atomic E-state index is 13.9. The summed E-state index contributed by atoms with van der Waals surface area (Å²) >= 11 is 0. The normalized spacial score (nSPS) is 15.2. The minimum atomic E-state index is -0.155. The quantitative estimate of drug-likeness (QED) is 0.358. The molecule has 1 heterocycles. The molecule has 0 fully saturated rings. The highest BCUT2D eigenvalue weighted by Gasteiger charge is 2.34. The molecule has 1 unspecified atom stereocenters. The van der Waals surface area contributed by atoms with Crippen molar-refractivity contribution >= 4 is 23.0 Å². The van der Waals surface area contributed by atoms with Crippen molar-refractivity contribution in [2.45, 2.75) is 26.3 Å². The first-order valence-corrected chi connectivity index (χ1v) is 11.6. The van der Waals surface area contributed by atoms with Crippen molar-refractivity contribution in [2.75, 3.05) is 5.32 Å². The van der Waals surface area contributed by atoms with Crippen LogP contribution in [0.15, 0.2) is 108 Å². The molecule has 0 radical (unpaired) electrons. The number of benzene rings is 4. The summed E-state index contributed by atoms with van der Waals surface area (Å²) < 4.78 is 0. The molecular weight excluding hydrogens is 418 g/mol. The number of hydrogen-bond donors (Lipinski definition) is 1. The number of rotatable bonds is 5. The van der Waals surface area contributed by atoms with Gasteiger partial charge in [-0.15, -0.1) is 0 Å². The number of carbonyl (C=O) groups is 1. The summed E-state index contributed by atoms with van der Waals surface area (Å²) in [6.45, 7) is 4.18. The Morgan fingerprint density at radius 3 is 2.21 bits per heavy atom. The third-order valence-electron chi connectivity index (χ3n) is 6.44. The van der Waals surface area contributed by atoms with E-state index in [1.165, 1.54) is 5.56 Å². The Balaban J connectivity index is 1.53. The van der Waals surface area contributed by atoms with E-state index in [0.717, 1.165) is 33.8 Å². The molecule has 0 aromatic heterocycles. The van der Waals surface area contributed by atoms with Crippen LogP contribution in [0.25, 0.3) is 0 Å². The van der Waals surface area contributed by atoms with Crippen LogP contribution in [0.5, 0.6) is 0 Å². The van der Waals surface area contributed by atoms with Crippen LogP contribution in [0.3, 0.4) is 0 Å². The molecule has 4 aromatic rings. The minimum absolute atomic E-state index is 0.117. The Bertz CT molecular complexity index is 1350. The van der Waals surface area contributed by atoms with E-state index in [1.54, 1.807) is 5.01 Å². The van der Waals surface area contributed by atoms with Crippen LogP contribution in [-0.4, -0.2) is 16.6 Å².